The highest BCUT2D eigenvalue weighted by Gasteiger charge is 2.45. The Labute approximate surface area is 174 Å². The number of rotatable bonds is 7. The minimum absolute atomic E-state index is 0.108. The SMILES string of the molecule is CCCS(=O)(=O)N1CCC2(CC1)CC(CC(=O)NCC1CC1)c1ccccc1O2. The van der Waals surface area contributed by atoms with Crippen molar-refractivity contribution in [2.24, 2.45) is 5.92 Å². The van der Waals surface area contributed by atoms with E-state index < -0.39 is 10.0 Å². The lowest BCUT2D eigenvalue weighted by molar-refractivity contribution is -0.122. The second kappa shape index (κ2) is 8.26. The van der Waals surface area contributed by atoms with Gasteiger partial charge in [-0.3, -0.25) is 4.79 Å². The molecule has 1 aromatic carbocycles. The van der Waals surface area contributed by atoms with Crippen LogP contribution in [0.3, 0.4) is 0 Å². The zero-order chi connectivity index (χ0) is 20.5. The van der Waals surface area contributed by atoms with Crippen LogP contribution in [0.2, 0.25) is 0 Å². The van der Waals surface area contributed by atoms with Crippen molar-refractivity contribution >= 4 is 15.9 Å². The van der Waals surface area contributed by atoms with Gasteiger partial charge in [0.1, 0.15) is 11.4 Å². The van der Waals surface area contributed by atoms with Crippen LogP contribution < -0.4 is 10.1 Å². The van der Waals surface area contributed by atoms with Crippen LogP contribution in [-0.2, 0) is 14.8 Å². The summed E-state index contributed by atoms with van der Waals surface area (Å²) < 4.78 is 32.9. The molecule has 1 N–H and O–H groups in total. The molecule has 2 heterocycles. The lowest BCUT2D eigenvalue weighted by Crippen LogP contribution is -2.52. The van der Waals surface area contributed by atoms with Crippen LogP contribution in [0.5, 0.6) is 5.75 Å². The third-order valence-electron chi connectivity index (χ3n) is 6.51. The van der Waals surface area contributed by atoms with Crippen molar-refractivity contribution in [3.63, 3.8) is 0 Å². The Kier molecular flexibility index (Phi) is 5.89. The number of hydrogen-bond acceptors (Lipinski definition) is 4. The van der Waals surface area contributed by atoms with Crippen molar-refractivity contribution in [1.29, 1.82) is 0 Å². The number of nitrogens with zero attached hydrogens (tertiary/aromatic N) is 1. The summed E-state index contributed by atoms with van der Waals surface area (Å²) in [5.74, 6) is 1.94. The lowest BCUT2D eigenvalue weighted by atomic mass is 9.76. The van der Waals surface area contributed by atoms with Gasteiger partial charge in [-0.25, -0.2) is 12.7 Å². The monoisotopic (exact) mass is 420 g/mol. The van der Waals surface area contributed by atoms with Gasteiger partial charge in [-0.05, 0) is 43.2 Å². The summed E-state index contributed by atoms with van der Waals surface area (Å²) in [7, 11) is -3.18. The van der Waals surface area contributed by atoms with Gasteiger partial charge in [0, 0.05) is 44.8 Å². The molecule has 160 valence electrons. The molecule has 1 aromatic rings. The second-order valence-electron chi connectivity index (χ2n) is 8.89. The summed E-state index contributed by atoms with van der Waals surface area (Å²) in [5, 5.41) is 3.09. The van der Waals surface area contributed by atoms with E-state index in [1.807, 2.05) is 25.1 Å². The fourth-order valence-electron chi connectivity index (χ4n) is 4.67. The average molecular weight is 421 g/mol. The van der Waals surface area contributed by atoms with Crippen LogP contribution >= 0.6 is 0 Å². The summed E-state index contributed by atoms with van der Waals surface area (Å²) in [6.07, 6.45) is 5.65. The van der Waals surface area contributed by atoms with Crippen molar-refractivity contribution in [1.82, 2.24) is 9.62 Å². The number of ether oxygens (including phenoxy) is 1. The van der Waals surface area contributed by atoms with Crippen LogP contribution in [0.25, 0.3) is 0 Å². The van der Waals surface area contributed by atoms with Crippen LogP contribution in [0, 0.1) is 5.92 Å². The Morgan fingerprint density at radius 3 is 2.66 bits per heavy atom. The molecule has 1 unspecified atom stereocenters. The maximum Gasteiger partial charge on any atom is 0.220 e. The van der Waals surface area contributed by atoms with E-state index in [9.17, 15) is 13.2 Å². The number of benzene rings is 1. The predicted molar refractivity (Wildman–Crippen MR) is 112 cm³/mol. The fraction of sp³-hybridized carbons (Fsp3) is 0.682. The average Bonchev–Trinajstić information content (AvgIpc) is 3.51. The normalized spacial score (nSPS) is 24.0. The third-order valence-corrected chi connectivity index (χ3v) is 8.59. The fourth-order valence-corrected chi connectivity index (χ4v) is 6.18. The van der Waals surface area contributed by atoms with Gasteiger partial charge in [0.15, 0.2) is 0 Å². The van der Waals surface area contributed by atoms with Gasteiger partial charge in [-0.1, -0.05) is 25.1 Å². The van der Waals surface area contributed by atoms with Crippen LogP contribution in [0.15, 0.2) is 24.3 Å². The van der Waals surface area contributed by atoms with Gasteiger partial charge in [0.05, 0.1) is 5.75 Å². The van der Waals surface area contributed by atoms with E-state index in [0.29, 0.717) is 44.7 Å². The first kappa shape index (κ1) is 20.7. The van der Waals surface area contributed by atoms with Crippen molar-refractivity contribution in [2.75, 3.05) is 25.4 Å². The first-order valence-corrected chi connectivity index (χ1v) is 12.5. The van der Waals surface area contributed by atoms with E-state index >= 15 is 0 Å². The molecule has 1 amide bonds. The summed E-state index contributed by atoms with van der Waals surface area (Å²) >= 11 is 0. The number of nitrogens with one attached hydrogen (secondary N) is 1. The molecule has 7 heteroatoms. The van der Waals surface area contributed by atoms with Gasteiger partial charge < -0.3 is 10.1 Å². The minimum Gasteiger partial charge on any atom is -0.487 e. The summed E-state index contributed by atoms with van der Waals surface area (Å²) in [4.78, 5) is 12.5. The topological polar surface area (TPSA) is 75.7 Å². The number of amides is 1. The Balaban J connectivity index is 1.46. The first-order valence-electron chi connectivity index (χ1n) is 10.9. The van der Waals surface area contributed by atoms with Gasteiger partial charge >= 0.3 is 0 Å². The molecule has 0 bridgehead atoms. The van der Waals surface area contributed by atoms with E-state index in [1.54, 1.807) is 4.31 Å². The quantitative estimate of drug-likeness (QED) is 0.736. The van der Waals surface area contributed by atoms with E-state index in [2.05, 4.69) is 11.4 Å². The number of fused-ring (bicyclic) bond motifs is 1. The summed E-state index contributed by atoms with van der Waals surface area (Å²) in [5.41, 5.74) is 0.717. The van der Waals surface area contributed by atoms with Crippen LogP contribution in [0.4, 0.5) is 0 Å². The highest BCUT2D eigenvalue weighted by molar-refractivity contribution is 7.89. The molecule has 0 radical (unpaired) electrons. The van der Waals surface area contributed by atoms with Crippen LogP contribution in [-0.4, -0.2) is 49.6 Å². The molecule has 6 nitrogen and oxygen atoms in total. The number of carbonyl (C=O) groups is 1. The maximum atomic E-state index is 12.5. The molecule has 1 saturated heterocycles. The van der Waals surface area contributed by atoms with Crippen molar-refractivity contribution < 1.29 is 17.9 Å². The zero-order valence-corrected chi connectivity index (χ0v) is 18.0. The minimum atomic E-state index is -3.18. The maximum absolute atomic E-state index is 12.5. The van der Waals surface area contributed by atoms with E-state index in [0.717, 1.165) is 24.3 Å². The van der Waals surface area contributed by atoms with Gasteiger partial charge in [0.2, 0.25) is 15.9 Å². The standard InChI is InChI=1S/C22H32N2O4S/c1-2-13-29(26,27)24-11-9-22(10-12-24)15-18(14-21(25)23-16-17-7-8-17)19-5-3-4-6-20(19)28-22/h3-6,17-18H,2,7-16H2,1H3,(H,23,25). The smallest absolute Gasteiger partial charge is 0.220 e. The Morgan fingerprint density at radius 1 is 1.24 bits per heavy atom. The zero-order valence-electron chi connectivity index (χ0n) is 17.2. The largest absolute Gasteiger partial charge is 0.487 e. The molecule has 1 aliphatic carbocycles. The molecule has 1 spiro atoms. The summed E-state index contributed by atoms with van der Waals surface area (Å²) in [6, 6.07) is 7.99. The summed E-state index contributed by atoms with van der Waals surface area (Å²) in [6.45, 7) is 3.67. The van der Waals surface area contributed by atoms with Crippen molar-refractivity contribution in [2.45, 2.75) is 63.4 Å². The van der Waals surface area contributed by atoms with Gasteiger partial charge in [0.25, 0.3) is 0 Å². The molecule has 4 rings (SSSR count). The van der Waals surface area contributed by atoms with Crippen molar-refractivity contribution in [3.05, 3.63) is 29.8 Å². The lowest BCUT2D eigenvalue weighted by Gasteiger charge is -2.46. The number of carbonyl (C=O) groups excluding carboxylic acids is 1. The number of hydrogen-bond donors (Lipinski definition) is 1. The molecule has 29 heavy (non-hydrogen) atoms. The van der Waals surface area contributed by atoms with Crippen molar-refractivity contribution in [3.8, 4) is 5.75 Å². The molecule has 3 aliphatic rings. The third kappa shape index (κ3) is 4.77. The molecular formula is C22H32N2O4S. The van der Waals surface area contributed by atoms with E-state index in [4.69, 9.17) is 4.74 Å². The van der Waals surface area contributed by atoms with E-state index in [-0.39, 0.29) is 23.2 Å². The van der Waals surface area contributed by atoms with Crippen LogP contribution in [0.1, 0.15) is 63.4 Å². The number of piperidine rings is 1. The van der Waals surface area contributed by atoms with E-state index in [1.165, 1.54) is 12.8 Å². The molecule has 1 saturated carbocycles. The van der Waals surface area contributed by atoms with Gasteiger partial charge in [-0.15, -0.1) is 0 Å². The Hall–Kier alpha value is -1.60. The molecule has 2 fully saturated rings. The Bertz CT molecular complexity index is 842. The molecule has 2 aliphatic heterocycles. The second-order valence-corrected chi connectivity index (χ2v) is 11.0. The molecule has 1 atom stereocenters. The highest BCUT2D eigenvalue weighted by atomic mass is 32.2. The number of para-hydroxylation sites is 1. The highest BCUT2D eigenvalue weighted by Crippen LogP contribution is 2.46. The molecular weight excluding hydrogens is 388 g/mol. The Morgan fingerprint density at radius 2 is 1.97 bits per heavy atom. The molecule has 0 aromatic heterocycles. The van der Waals surface area contributed by atoms with Gasteiger partial charge in [-0.2, -0.15) is 0 Å². The predicted octanol–water partition coefficient (Wildman–Crippen LogP) is 3.04. The number of sulfonamides is 1. The first-order chi connectivity index (χ1) is 13.9.